The van der Waals surface area contributed by atoms with Gasteiger partial charge >= 0.3 is 0 Å². The lowest BCUT2D eigenvalue weighted by molar-refractivity contribution is 0.102. The normalized spacial score (nSPS) is 11.2. The van der Waals surface area contributed by atoms with Gasteiger partial charge in [0.05, 0.1) is 5.69 Å². The predicted octanol–water partition coefficient (Wildman–Crippen LogP) is 4.59. The van der Waals surface area contributed by atoms with Gasteiger partial charge in [-0.15, -0.1) is 10.2 Å². The van der Waals surface area contributed by atoms with Crippen LogP contribution in [0.5, 0.6) is 0 Å². The first-order valence-electron chi connectivity index (χ1n) is 7.97. The highest BCUT2D eigenvalue weighted by Gasteiger charge is 2.19. The van der Waals surface area contributed by atoms with Gasteiger partial charge in [0.1, 0.15) is 4.88 Å². The molecule has 0 aliphatic heterocycles. The third-order valence-corrected chi connectivity index (χ3v) is 6.74. The molecule has 26 heavy (non-hydrogen) atoms. The molecule has 0 fully saturated rings. The number of carbonyl (C=O) groups is 1. The number of imidazole rings is 1. The van der Waals surface area contributed by atoms with Crippen molar-refractivity contribution in [2.24, 2.45) is 0 Å². The molecule has 0 aliphatic carbocycles. The second-order valence-corrected chi connectivity index (χ2v) is 8.89. The standard InChI is InChI=1S/C17H15N5OS3/c1-3-24-17-21-20-15(26-17)19-14(23)13-10(2)22-9-12(18-16(22)25-13)11-7-5-4-6-8-11/h4-9H,3H2,1-2H3,(H,19,20,23). The van der Waals surface area contributed by atoms with Crippen LogP contribution in [-0.2, 0) is 0 Å². The third kappa shape index (κ3) is 3.25. The number of carbonyl (C=O) groups excluding carboxylic acids is 1. The van der Waals surface area contributed by atoms with Gasteiger partial charge in [-0.05, 0) is 12.7 Å². The number of aromatic nitrogens is 4. The largest absolute Gasteiger partial charge is 0.296 e. The van der Waals surface area contributed by atoms with Crippen molar-refractivity contribution >= 4 is 50.4 Å². The molecular formula is C17H15N5OS3. The van der Waals surface area contributed by atoms with Crippen LogP contribution in [0.4, 0.5) is 5.13 Å². The molecular weight excluding hydrogens is 386 g/mol. The number of fused-ring (bicyclic) bond motifs is 1. The lowest BCUT2D eigenvalue weighted by Gasteiger charge is -1.99. The molecule has 0 saturated heterocycles. The molecule has 4 aromatic rings. The molecule has 0 aliphatic rings. The highest BCUT2D eigenvalue weighted by molar-refractivity contribution is 8.01. The maximum absolute atomic E-state index is 12.6. The van der Waals surface area contributed by atoms with Crippen molar-refractivity contribution in [2.45, 2.75) is 18.2 Å². The van der Waals surface area contributed by atoms with Crippen molar-refractivity contribution in [1.29, 1.82) is 0 Å². The molecule has 1 amide bonds. The smallest absolute Gasteiger partial charge is 0.269 e. The van der Waals surface area contributed by atoms with Gasteiger partial charge in [-0.25, -0.2) is 4.98 Å². The van der Waals surface area contributed by atoms with Gasteiger partial charge in [0.15, 0.2) is 9.30 Å². The number of anilines is 1. The fraction of sp³-hybridized carbons (Fsp3) is 0.176. The van der Waals surface area contributed by atoms with Gasteiger partial charge in [-0.3, -0.25) is 14.5 Å². The second kappa shape index (κ2) is 7.18. The molecule has 0 bridgehead atoms. The van der Waals surface area contributed by atoms with Gasteiger partial charge in [0.2, 0.25) is 5.13 Å². The molecule has 1 N–H and O–H groups in total. The van der Waals surface area contributed by atoms with E-state index in [1.165, 1.54) is 22.7 Å². The maximum Gasteiger partial charge on any atom is 0.269 e. The maximum atomic E-state index is 12.6. The number of thioether (sulfide) groups is 1. The number of hydrogen-bond acceptors (Lipinski definition) is 7. The Bertz CT molecular complexity index is 1070. The summed E-state index contributed by atoms with van der Waals surface area (Å²) in [5.74, 6) is 0.747. The van der Waals surface area contributed by atoms with E-state index in [4.69, 9.17) is 0 Å². The Balaban J connectivity index is 1.59. The molecule has 3 heterocycles. The highest BCUT2D eigenvalue weighted by Crippen LogP contribution is 2.29. The van der Waals surface area contributed by atoms with E-state index >= 15 is 0 Å². The average molecular weight is 402 g/mol. The Morgan fingerprint density at radius 3 is 2.77 bits per heavy atom. The summed E-state index contributed by atoms with van der Waals surface area (Å²) in [5, 5.41) is 11.4. The van der Waals surface area contributed by atoms with Crippen LogP contribution in [0.2, 0.25) is 0 Å². The summed E-state index contributed by atoms with van der Waals surface area (Å²) in [7, 11) is 0. The number of hydrogen-bond donors (Lipinski definition) is 1. The van der Waals surface area contributed by atoms with E-state index < -0.39 is 0 Å². The number of nitrogens with zero attached hydrogens (tertiary/aromatic N) is 4. The predicted molar refractivity (Wildman–Crippen MR) is 108 cm³/mol. The second-order valence-electron chi connectivity index (χ2n) is 5.42. The molecule has 6 nitrogen and oxygen atoms in total. The number of amides is 1. The Morgan fingerprint density at radius 2 is 2.04 bits per heavy atom. The average Bonchev–Trinajstić information content (AvgIpc) is 3.33. The van der Waals surface area contributed by atoms with Crippen molar-refractivity contribution in [2.75, 3.05) is 11.1 Å². The monoisotopic (exact) mass is 401 g/mol. The zero-order valence-electron chi connectivity index (χ0n) is 14.1. The number of aryl methyl sites for hydroxylation is 1. The van der Waals surface area contributed by atoms with Crippen molar-refractivity contribution in [3.8, 4) is 11.3 Å². The first-order chi connectivity index (χ1) is 12.7. The van der Waals surface area contributed by atoms with E-state index in [0.29, 0.717) is 10.0 Å². The van der Waals surface area contributed by atoms with Crippen LogP contribution in [0.25, 0.3) is 16.2 Å². The van der Waals surface area contributed by atoms with Gasteiger partial charge in [0, 0.05) is 17.5 Å². The van der Waals surface area contributed by atoms with Crippen LogP contribution in [0, 0.1) is 6.92 Å². The van der Waals surface area contributed by atoms with E-state index in [2.05, 4.69) is 27.4 Å². The zero-order valence-corrected chi connectivity index (χ0v) is 16.5. The van der Waals surface area contributed by atoms with Crippen LogP contribution in [0.3, 0.4) is 0 Å². The lowest BCUT2D eigenvalue weighted by atomic mass is 10.2. The van der Waals surface area contributed by atoms with Gasteiger partial charge in [0.25, 0.3) is 5.91 Å². The first-order valence-corrected chi connectivity index (χ1v) is 10.6. The highest BCUT2D eigenvalue weighted by atomic mass is 32.2. The molecule has 0 unspecified atom stereocenters. The Labute approximate surface area is 162 Å². The van der Waals surface area contributed by atoms with Gasteiger partial charge in [-0.1, -0.05) is 71.7 Å². The van der Waals surface area contributed by atoms with Crippen molar-refractivity contribution in [1.82, 2.24) is 19.6 Å². The molecule has 9 heteroatoms. The summed E-state index contributed by atoms with van der Waals surface area (Å²) >= 11 is 4.37. The van der Waals surface area contributed by atoms with E-state index in [0.717, 1.165) is 32.0 Å². The van der Waals surface area contributed by atoms with Gasteiger partial charge in [-0.2, -0.15) is 0 Å². The molecule has 0 atom stereocenters. The Hall–Kier alpha value is -2.23. The number of thiazole rings is 1. The van der Waals surface area contributed by atoms with Crippen LogP contribution in [-0.4, -0.2) is 31.2 Å². The van der Waals surface area contributed by atoms with Crippen LogP contribution in [0.15, 0.2) is 40.9 Å². The fourth-order valence-electron chi connectivity index (χ4n) is 2.50. The topological polar surface area (TPSA) is 72.2 Å². The SMILES string of the molecule is CCSc1nnc(NC(=O)c2sc3nc(-c4ccccc4)cn3c2C)s1. The Kier molecular flexibility index (Phi) is 4.75. The van der Waals surface area contributed by atoms with E-state index in [9.17, 15) is 4.79 Å². The van der Waals surface area contributed by atoms with Crippen LogP contribution >= 0.6 is 34.4 Å². The molecule has 0 saturated carbocycles. The van der Waals surface area contributed by atoms with E-state index in [1.807, 2.05) is 47.9 Å². The quantitative estimate of drug-likeness (QED) is 0.391. The van der Waals surface area contributed by atoms with Crippen LogP contribution in [0.1, 0.15) is 22.3 Å². The van der Waals surface area contributed by atoms with E-state index in [-0.39, 0.29) is 5.91 Å². The molecule has 0 radical (unpaired) electrons. The summed E-state index contributed by atoms with van der Waals surface area (Å²) in [6.07, 6.45) is 1.97. The molecule has 0 spiro atoms. The molecule has 4 rings (SSSR count). The number of nitrogens with one attached hydrogen (secondary N) is 1. The Morgan fingerprint density at radius 1 is 1.23 bits per heavy atom. The summed E-state index contributed by atoms with van der Waals surface area (Å²) in [5.41, 5.74) is 2.82. The summed E-state index contributed by atoms with van der Waals surface area (Å²) in [6, 6.07) is 10.0. The van der Waals surface area contributed by atoms with Crippen molar-refractivity contribution in [3.05, 3.63) is 47.1 Å². The van der Waals surface area contributed by atoms with Crippen molar-refractivity contribution < 1.29 is 4.79 Å². The molecule has 1 aromatic carbocycles. The first kappa shape index (κ1) is 17.2. The minimum absolute atomic E-state index is 0.177. The number of benzene rings is 1. The third-order valence-electron chi connectivity index (χ3n) is 3.73. The minimum atomic E-state index is -0.177. The summed E-state index contributed by atoms with van der Waals surface area (Å²) in [4.78, 5) is 18.7. The molecule has 132 valence electrons. The van der Waals surface area contributed by atoms with Gasteiger partial charge < -0.3 is 0 Å². The van der Waals surface area contributed by atoms with Crippen molar-refractivity contribution in [3.63, 3.8) is 0 Å². The fourth-order valence-corrected chi connectivity index (χ4v) is 5.15. The summed E-state index contributed by atoms with van der Waals surface area (Å²) in [6.45, 7) is 3.98. The number of rotatable bonds is 5. The lowest BCUT2D eigenvalue weighted by Crippen LogP contribution is -2.11. The van der Waals surface area contributed by atoms with Crippen LogP contribution < -0.4 is 5.32 Å². The van der Waals surface area contributed by atoms with E-state index in [1.54, 1.807) is 11.8 Å². The minimum Gasteiger partial charge on any atom is -0.296 e. The summed E-state index contributed by atoms with van der Waals surface area (Å²) < 4.78 is 2.81. The molecule has 3 aromatic heterocycles. The zero-order chi connectivity index (χ0) is 18.1.